The molecule has 0 heterocycles. The Morgan fingerprint density at radius 2 is 1.82 bits per heavy atom. The fraction of sp³-hybridized carbons (Fsp3) is 0.391. The molecule has 0 saturated heterocycles. The maximum Gasteiger partial charge on any atom is 0.407 e. The quantitative estimate of drug-likeness (QED) is 0.729. The SMILES string of the molecule is COc1ccc(C(NC(=O)OCc2ccccc2)C2CCCCCC2=O)cc1. The molecule has 1 aliphatic rings. The fourth-order valence-electron chi connectivity index (χ4n) is 3.66. The second-order valence-electron chi connectivity index (χ2n) is 7.13. The lowest BCUT2D eigenvalue weighted by Crippen LogP contribution is -2.36. The van der Waals surface area contributed by atoms with Crippen LogP contribution < -0.4 is 10.1 Å². The Kier molecular flexibility index (Phi) is 7.06. The number of amides is 1. The maximum atomic E-state index is 12.7. The Balaban J connectivity index is 1.74. The summed E-state index contributed by atoms with van der Waals surface area (Å²) < 4.78 is 10.6. The summed E-state index contributed by atoms with van der Waals surface area (Å²) in [4.78, 5) is 25.2. The third-order valence-corrected chi connectivity index (χ3v) is 5.22. The first kappa shape index (κ1) is 19.9. The average Bonchev–Trinajstić information content (AvgIpc) is 2.95. The van der Waals surface area contributed by atoms with Crippen LogP contribution in [-0.4, -0.2) is 19.0 Å². The van der Waals surface area contributed by atoms with Crippen LogP contribution in [0.3, 0.4) is 0 Å². The van der Waals surface area contributed by atoms with Gasteiger partial charge in [-0.05, 0) is 36.1 Å². The molecule has 2 aromatic rings. The van der Waals surface area contributed by atoms with Crippen molar-refractivity contribution in [2.75, 3.05) is 7.11 Å². The van der Waals surface area contributed by atoms with E-state index >= 15 is 0 Å². The van der Waals surface area contributed by atoms with Gasteiger partial charge in [-0.15, -0.1) is 0 Å². The molecule has 2 unspecified atom stereocenters. The molecule has 1 fully saturated rings. The van der Waals surface area contributed by atoms with Crippen molar-refractivity contribution in [3.8, 4) is 5.75 Å². The summed E-state index contributed by atoms with van der Waals surface area (Å²) in [6.07, 6.45) is 3.79. The molecule has 2 aromatic carbocycles. The van der Waals surface area contributed by atoms with Crippen LogP contribution in [0.2, 0.25) is 0 Å². The minimum Gasteiger partial charge on any atom is -0.497 e. The Bertz CT molecular complexity index is 773. The minimum absolute atomic E-state index is 0.195. The summed E-state index contributed by atoms with van der Waals surface area (Å²) in [6, 6.07) is 16.6. The molecule has 0 aliphatic heterocycles. The molecule has 1 N–H and O–H groups in total. The number of carbonyl (C=O) groups is 2. The number of carbonyl (C=O) groups excluding carboxylic acids is 2. The van der Waals surface area contributed by atoms with E-state index in [2.05, 4.69) is 5.32 Å². The van der Waals surface area contributed by atoms with Gasteiger partial charge in [-0.1, -0.05) is 55.3 Å². The number of nitrogens with one attached hydrogen (secondary N) is 1. The van der Waals surface area contributed by atoms with Crippen molar-refractivity contribution in [2.45, 2.75) is 44.8 Å². The van der Waals surface area contributed by atoms with Crippen LogP contribution in [0.15, 0.2) is 54.6 Å². The minimum atomic E-state index is -0.512. The Morgan fingerprint density at radius 3 is 2.54 bits per heavy atom. The molecule has 0 bridgehead atoms. The van der Waals surface area contributed by atoms with Crippen molar-refractivity contribution in [2.24, 2.45) is 5.92 Å². The second kappa shape index (κ2) is 9.93. The van der Waals surface area contributed by atoms with E-state index in [4.69, 9.17) is 9.47 Å². The van der Waals surface area contributed by atoms with E-state index in [1.807, 2.05) is 54.6 Å². The summed E-state index contributed by atoms with van der Waals surface area (Å²) in [5, 5.41) is 2.95. The van der Waals surface area contributed by atoms with Gasteiger partial charge in [0.15, 0.2) is 0 Å². The zero-order valence-corrected chi connectivity index (χ0v) is 16.2. The van der Waals surface area contributed by atoms with E-state index in [9.17, 15) is 9.59 Å². The monoisotopic (exact) mass is 381 g/mol. The molecule has 5 heteroatoms. The Labute approximate surface area is 166 Å². The smallest absolute Gasteiger partial charge is 0.407 e. The molecule has 2 atom stereocenters. The van der Waals surface area contributed by atoms with E-state index in [1.165, 1.54) is 0 Å². The molecule has 3 rings (SSSR count). The number of hydrogen-bond acceptors (Lipinski definition) is 4. The summed E-state index contributed by atoms with van der Waals surface area (Å²) in [6.45, 7) is 0.195. The number of rotatable bonds is 6. The highest BCUT2D eigenvalue weighted by atomic mass is 16.5. The zero-order valence-electron chi connectivity index (χ0n) is 16.2. The molecule has 28 heavy (non-hydrogen) atoms. The van der Waals surface area contributed by atoms with Crippen LogP contribution in [0.4, 0.5) is 4.79 Å². The van der Waals surface area contributed by atoms with Gasteiger partial charge in [0.1, 0.15) is 18.1 Å². The van der Waals surface area contributed by atoms with Crippen LogP contribution in [0.1, 0.15) is 49.3 Å². The number of alkyl carbamates (subject to hydrolysis) is 1. The largest absolute Gasteiger partial charge is 0.497 e. The first-order valence-electron chi connectivity index (χ1n) is 9.81. The van der Waals surface area contributed by atoms with E-state index in [1.54, 1.807) is 7.11 Å². The normalized spacial score (nSPS) is 18.0. The van der Waals surface area contributed by atoms with Gasteiger partial charge in [0.2, 0.25) is 0 Å². The van der Waals surface area contributed by atoms with Gasteiger partial charge in [-0.3, -0.25) is 4.79 Å². The van der Waals surface area contributed by atoms with Crippen molar-refractivity contribution < 1.29 is 19.1 Å². The Hall–Kier alpha value is -2.82. The first-order valence-corrected chi connectivity index (χ1v) is 9.81. The lowest BCUT2D eigenvalue weighted by Gasteiger charge is -2.26. The van der Waals surface area contributed by atoms with Crippen LogP contribution in [0, 0.1) is 5.92 Å². The third kappa shape index (κ3) is 5.35. The van der Waals surface area contributed by atoms with Crippen molar-refractivity contribution in [3.05, 3.63) is 65.7 Å². The number of benzene rings is 2. The number of ether oxygens (including phenoxy) is 2. The summed E-state index contributed by atoms with van der Waals surface area (Å²) in [5.74, 6) is 0.711. The Morgan fingerprint density at radius 1 is 1.07 bits per heavy atom. The summed E-state index contributed by atoms with van der Waals surface area (Å²) in [5.41, 5.74) is 1.81. The van der Waals surface area contributed by atoms with E-state index in [-0.39, 0.29) is 18.3 Å². The summed E-state index contributed by atoms with van der Waals surface area (Å²) in [7, 11) is 1.61. The molecule has 148 valence electrons. The molecule has 0 aromatic heterocycles. The van der Waals surface area contributed by atoms with Gasteiger partial charge >= 0.3 is 6.09 Å². The predicted molar refractivity (Wildman–Crippen MR) is 107 cm³/mol. The van der Waals surface area contributed by atoms with Gasteiger partial charge < -0.3 is 14.8 Å². The maximum absolute atomic E-state index is 12.7. The zero-order chi connectivity index (χ0) is 19.8. The highest BCUT2D eigenvalue weighted by molar-refractivity contribution is 5.83. The standard InChI is InChI=1S/C23H27NO4/c1-27-19-14-12-18(13-15-19)22(20-10-6-3-7-11-21(20)25)24-23(26)28-16-17-8-4-2-5-9-17/h2,4-5,8-9,12-15,20,22H,3,6-7,10-11,16H2,1H3,(H,24,26). The van der Waals surface area contributed by atoms with Crippen LogP contribution in [0.5, 0.6) is 5.75 Å². The molecule has 1 aliphatic carbocycles. The van der Waals surface area contributed by atoms with Crippen molar-refractivity contribution in [3.63, 3.8) is 0 Å². The molecule has 0 spiro atoms. The van der Waals surface area contributed by atoms with Gasteiger partial charge in [0, 0.05) is 12.3 Å². The van der Waals surface area contributed by atoms with E-state index in [0.29, 0.717) is 6.42 Å². The lowest BCUT2D eigenvalue weighted by atomic mass is 9.86. The lowest BCUT2D eigenvalue weighted by molar-refractivity contribution is -0.123. The van der Waals surface area contributed by atoms with E-state index < -0.39 is 12.1 Å². The highest BCUT2D eigenvalue weighted by Crippen LogP contribution is 2.32. The van der Waals surface area contributed by atoms with Crippen LogP contribution >= 0.6 is 0 Å². The summed E-state index contributed by atoms with van der Waals surface area (Å²) >= 11 is 0. The van der Waals surface area contributed by atoms with Gasteiger partial charge in [-0.2, -0.15) is 0 Å². The number of ketones is 1. The highest BCUT2D eigenvalue weighted by Gasteiger charge is 2.32. The number of hydrogen-bond donors (Lipinski definition) is 1. The van der Waals surface area contributed by atoms with Gasteiger partial charge in [-0.25, -0.2) is 4.79 Å². The topological polar surface area (TPSA) is 64.6 Å². The van der Waals surface area contributed by atoms with Crippen molar-refractivity contribution >= 4 is 11.9 Å². The molecular weight excluding hydrogens is 354 g/mol. The van der Waals surface area contributed by atoms with E-state index in [0.717, 1.165) is 42.6 Å². The molecular formula is C23H27NO4. The van der Waals surface area contributed by atoms with Crippen LogP contribution in [0.25, 0.3) is 0 Å². The second-order valence-corrected chi connectivity index (χ2v) is 7.13. The number of Topliss-reactive ketones (excluding diaryl/α,β-unsaturated/α-hetero) is 1. The predicted octanol–water partition coefficient (Wildman–Crippen LogP) is 4.81. The molecule has 1 amide bonds. The third-order valence-electron chi connectivity index (χ3n) is 5.22. The molecule has 0 radical (unpaired) electrons. The average molecular weight is 381 g/mol. The van der Waals surface area contributed by atoms with Crippen LogP contribution in [-0.2, 0) is 16.1 Å². The first-order chi connectivity index (χ1) is 13.7. The van der Waals surface area contributed by atoms with Gasteiger partial charge in [0.25, 0.3) is 0 Å². The fourth-order valence-corrected chi connectivity index (χ4v) is 3.66. The van der Waals surface area contributed by atoms with Gasteiger partial charge in [0.05, 0.1) is 13.2 Å². The molecule has 1 saturated carbocycles. The van der Waals surface area contributed by atoms with Crippen molar-refractivity contribution in [1.82, 2.24) is 5.32 Å². The number of methoxy groups -OCH3 is 1. The van der Waals surface area contributed by atoms with Crippen molar-refractivity contribution in [1.29, 1.82) is 0 Å². The molecule has 5 nitrogen and oxygen atoms in total.